The summed E-state index contributed by atoms with van der Waals surface area (Å²) >= 11 is 0. The Morgan fingerprint density at radius 2 is 2.33 bits per heavy atom. The Kier molecular flexibility index (Phi) is 3.09. The number of rotatable bonds is 2. The highest BCUT2D eigenvalue weighted by Crippen LogP contribution is 2.22. The van der Waals surface area contributed by atoms with Crippen LogP contribution in [0.2, 0.25) is 0 Å². The van der Waals surface area contributed by atoms with E-state index in [9.17, 15) is 8.42 Å². The Balaban J connectivity index is 1.76. The van der Waals surface area contributed by atoms with Crippen LogP contribution in [0.3, 0.4) is 0 Å². The third kappa shape index (κ3) is 2.41. The minimum Gasteiger partial charge on any atom is -0.310 e. The Bertz CT molecular complexity index is 517. The fourth-order valence-corrected chi connectivity index (χ4v) is 4.85. The van der Waals surface area contributed by atoms with Gasteiger partial charge in [-0.15, -0.1) is 0 Å². The number of hydrogen-bond acceptors (Lipinski definition) is 5. The van der Waals surface area contributed by atoms with Crippen molar-refractivity contribution in [3.8, 4) is 0 Å². The average Bonchev–Trinajstić information content (AvgIpc) is 2.66. The van der Waals surface area contributed by atoms with E-state index in [4.69, 9.17) is 0 Å². The van der Waals surface area contributed by atoms with Crippen molar-refractivity contribution in [2.24, 2.45) is 0 Å². The van der Waals surface area contributed by atoms with E-state index in [0.29, 0.717) is 0 Å². The van der Waals surface area contributed by atoms with Gasteiger partial charge in [-0.25, -0.2) is 8.42 Å². The summed E-state index contributed by atoms with van der Waals surface area (Å²) in [6, 6.07) is 4.16. The quantitative estimate of drug-likeness (QED) is 0.794. The first-order valence-electron chi connectivity index (χ1n) is 6.21. The summed E-state index contributed by atoms with van der Waals surface area (Å²) in [6.45, 7) is 2.54. The van der Waals surface area contributed by atoms with Crippen LogP contribution in [0.25, 0.3) is 0 Å². The maximum atomic E-state index is 11.7. The van der Waals surface area contributed by atoms with Gasteiger partial charge in [0.05, 0.1) is 11.5 Å². The fourth-order valence-electron chi connectivity index (χ4n) is 2.87. The van der Waals surface area contributed by atoms with Crippen molar-refractivity contribution >= 4 is 9.84 Å². The molecule has 0 spiro atoms. The topological polar surface area (TPSA) is 62.3 Å². The average molecular weight is 267 g/mol. The first kappa shape index (κ1) is 12.1. The Labute approximate surface area is 107 Å². The highest BCUT2D eigenvalue weighted by Gasteiger charge is 2.42. The third-order valence-corrected chi connectivity index (χ3v) is 5.42. The van der Waals surface area contributed by atoms with E-state index in [2.05, 4.69) is 15.2 Å². The zero-order valence-electron chi connectivity index (χ0n) is 10.1. The summed E-state index contributed by atoms with van der Waals surface area (Å²) in [5.74, 6) is 0.562. The molecule has 1 aromatic rings. The molecule has 2 aliphatic heterocycles. The van der Waals surface area contributed by atoms with Gasteiger partial charge in [0.1, 0.15) is 0 Å². The molecule has 0 unspecified atom stereocenters. The molecule has 0 aliphatic carbocycles. The third-order valence-electron chi connectivity index (χ3n) is 3.71. The van der Waals surface area contributed by atoms with Gasteiger partial charge >= 0.3 is 0 Å². The summed E-state index contributed by atoms with van der Waals surface area (Å²) in [5, 5.41) is 3.32. The summed E-state index contributed by atoms with van der Waals surface area (Å²) in [7, 11) is -2.87. The molecule has 18 heavy (non-hydrogen) atoms. The van der Waals surface area contributed by atoms with Crippen molar-refractivity contribution in [1.82, 2.24) is 15.2 Å². The highest BCUT2D eigenvalue weighted by atomic mass is 32.2. The predicted octanol–water partition coefficient (Wildman–Crippen LogP) is -0.348. The van der Waals surface area contributed by atoms with Crippen LogP contribution in [0, 0.1) is 0 Å². The Morgan fingerprint density at radius 3 is 3.11 bits per heavy atom. The lowest BCUT2D eigenvalue weighted by Crippen LogP contribution is -2.56. The molecule has 2 saturated heterocycles. The first-order chi connectivity index (χ1) is 8.64. The maximum absolute atomic E-state index is 11.7. The van der Waals surface area contributed by atoms with Crippen molar-refractivity contribution in [2.45, 2.75) is 18.6 Å². The van der Waals surface area contributed by atoms with Crippen LogP contribution in [-0.2, 0) is 16.4 Å². The zero-order chi connectivity index (χ0) is 12.6. The smallest absolute Gasteiger partial charge is 0.153 e. The van der Waals surface area contributed by atoms with E-state index in [1.807, 2.05) is 18.3 Å². The number of fused-ring (bicyclic) bond motifs is 1. The maximum Gasteiger partial charge on any atom is 0.153 e. The van der Waals surface area contributed by atoms with Crippen LogP contribution >= 0.6 is 0 Å². The van der Waals surface area contributed by atoms with Gasteiger partial charge in [-0.2, -0.15) is 0 Å². The number of piperazine rings is 1. The second-order valence-electron chi connectivity index (χ2n) is 5.04. The molecule has 0 saturated carbocycles. The molecule has 1 aromatic heterocycles. The van der Waals surface area contributed by atoms with Crippen LogP contribution in [0.4, 0.5) is 0 Å². The zero-order valence-corrected chi connectivity index (χ0v) is 10.9. The second-order valence-corrected chi connectivity index (χ2v) is 7.19. The Morgan fingerprint density at radius 1 is 1.44 bits per heavy atom. The molecule has 6 heteroatoms. The van der Waals surface area contributed by atoms with Gasteiger partial charge in [0.2, 0.25) is 0 Å². The standard InChI is InChI=1S/C12H17N3O2S/c16-18(17)8-11-12(9-18)15(5-4-14-11)7-10-2-1-3-13-6-10/h1-3,6,11-12,14H,4-5,7-9H2/t11-,12-/m0/s1. The lowest BCUT2D eigenvalue weighted by atomic mass is 10.1. The van der Waals surface area contributed by atoms with Crippen LogP contribution < -0.4 is 5.32 Å². The van der Waals surface area contributed by atoms with Crippen molar-refractivity contribution < 1.29 is 8.42 Å². The molecule has 0 radical (unpaired) electrons. The van der Waals surface area contributed by atoms with Crippen LogP contribution in [0.1, 0.15) is 5.56 Å². The molecule has 5 nitrogen and oxygen atoms in total. The fraction of sp³-hybridized carbons (Fsp3) is 0.583. The molecule has 0 bridgehead atoms. The van der Waals surface area contributed by atoms with Crippen molar-refractivity contribution in [1.29, 1.82) is 0 Å². The summed E-state index contributed by atoms with van der Waals surface area (Å²) in [6.07, 6.45) is 3.60. The van der Waals surface area contributed by atoms with Gasteiger partial charge in [-0.3, -0.25) is 9.88 Å². The van der Waals surface area contributed by atoms with E-state index < -0.39 is 9.84 Å². The summed E-state index contributed by atoms with van der Waals surface area (Å²) < 4.78 is 23.4. The van der Waals surface area contributed by atoms with Crippen LogP contribution in [-0.4, -0.2) is 55.0 Å². The van der Waals surface area contributed by atoms with Crippen molar-refractivity contribution in [3.63, 3.8) is 0 Å². The molecule has 2 aliphatic rings. The molecule has 98 valence electrons. The number of sulfone groups is 1. The van der Waals surface area contributed by atoms with E-state index in [-0.39, 0.29) is 23.6 Å². The van der Waals surface area contributed by atoms with Crippen molar-refractivity contribution in [3.05, 3.63) is 30.1 Å². The number of nitrogens with one attached hydrogen (secondary N) is 1. The molecule has 2 atom stereocenters. The number of pyridine rings is 1. The molecular weight excluding hydrogens is 250 g/mol. The molecular formula is C12H17N3O2S. The predicted molar refractivity (Wildman–Crippen MR) is 68.9 cm³/mol. The minimum atomic E-state index is -2.87. The number of aromatic nitrogens is 1. The monoisotopic (exact) mass is 267 g/mol. The largest absolute Gasteiger partial charge is 0.310 e. The lowest BCUT2D eigenvalue weighted by Gasteiger charge is -2.37. The molecule has 3 rings (SSSR count). The molecule has 2 fully saturated rings. The minimum absolute atomic E-state index is 0.0976. The van der Waals surface area contributed by atoms with E-state index in [1.54, 1.807) is 6.20 Å². The second kappa shape index (κ2) is 4.60. The number of hydrogen-bond donors (Lipinski definition) is 1. The SMILES string of the molecule is O=S1(=O)C[C@@H]2NCCN(Cc3cccnc3)[C@H]2C1. The van der Waals surface area contributed by atoms with Gasteiger partial charge in [-0.1, -0.05) is 6.07 Å². The number of nitrogens with zero attached hydrogens (tertiary/aromatic N) is 2. The van der Waals surface area contributed by atoms with E-state index >= 15 is 0 Å². The highest BCUT2D eigenvalue weighted by molar-refractivity contribution is 7.91. The molecule has 0 amide bonds. The first-order valence-corrected chi connectivity index (χ1v) is 8.03. The van der Waals surface area contributed by atoms with Crippen LogP contribution in [0.15, 0.2) is 24.5 Å². The van der Waals surface area contributed by atoms with Gasteiger partial charge < -0.3 is 5.32 Å². The van der Waals surface area contributed by atoms with E-state index in [0.717, 1.165) is 25.2 Å². The van der Waals surface area contributed by atoms with Gasteiger partial charge in [-0.05, 0) is 11.6 Å². The Hall–Kier alpha value is -0.980. The van der Waals surface area contributed by atoms with Crippen LogP contribution in [0.5, 0.6) is 0 Å². The van der Waals surface area contributed by atoms with Gasteiger partial charge in [0.25, 0.3) is 0 Å². The van der Waals surface area contributed by atoms with E-state index in [1.165, 1.54) is 0 Å². The van der Waals surface area contributed by atoms with Gasteiger partial charge in [0, 0.05) is 44.1 Å². The lowest BCUT2D eigenvalue weighted by molar-refractivity contribution is 0.141. The molecule has 1 N–H and O–H groups in total. The van der Waals surface area contributed by atoms with Gasteiger partial charge in [0.15, 0.2) is 9.84 Å². The summed E-state index contributed by atoms with van der Waals surface area (Å²) in [4.78, 5) is 6.37. The summed E-state index contributed by atoms with van der Waals surface area (Å²) in [5.41, 5.74) is 1.14. The normalized spacial score (nSPS) is 31.1. The van der Waals surface area contributed by atoms with Crippen molar-refractivity contribution in [2.75, 3.05) is 24.6 Å². The molecule has 3 heterocycles. The molecule has 0 aromatic carbocycles.